The van der Waals surface area contributed by atoms with Crippen molar-refractivity contribution >= 4 is 16.7 Å². The van der Waals surface area contributed by atoms with Crippen LogP contribution >= 0.6 is 11.5 Å². The van der Waals surface area contributed by atoms with Crippen molar-refractivity contribution in [1.29, 1.82) is 0 Å². The van der Waals surface area contributed by atoms with Gasteiger partial charge in [0, 0.05) is 24.2 Å². The Kier molecular flexibility index (Phi) is 4.11. The molecule has 13 heavy (non-hydrogen) atoms. The molecular weight excluding hydrogens is 186 g/mol. The number of ether oxygens (including phenoxy) is 1. The average Bonchev–Trinajstić information content (AvgIpc) is 2.48. The maximum absolute atomic E-state index is 5.27. The molecule has 0 saturated heterocycles. The largest absolute Gasteiger partial charge is 0.380 e. The van der Waals surface area contributed by atoms with Gasteiger partial charge in [0.05, 0.1) is 6.61 Å². The summed E-state index contributed by atoms with van der Waals surface area (Å²) in [5.74, 6) is 0.816. The summed E-state index contributed by atoms with van der Waals surface area (Å²) < 4.78 is 9.35. The van der Waals surface area contributed by atoms with Crippen LogP contribution in [-0.4, -0.2) is 28.6 Å². The molecule has 0 fully saturated rings. The summed E-state index contributed by atoms with van der Waals surface area (Å²) in [6, 6.07) is 0.285. The summed E-state index contributed by atoms with van der Waals surface area (Å²) in [6.07, 6.45) is 0. The molecule has 1 rings (SSSR count). The van der Waals surface area contributed by atoms with E-state index in [0.717, 1.165) is 17.6 Å². The molecule has 1 unspecified atom stereocenters. The van der Waals surface area contributed by atoms with Gasteiger partial charge in [-0.25, -0.2) is 4.98 Å². The smallest absolute Gasteiger partial charge is 0.202 e. The van der Waals surface area contributed by atoms with Gasteiger partial charge in [-0.2, -0.15) is 4.37 Å². The van der Waals surface area contributed by atoms with Crippen LogP contribution in [0.3, 0.4) is 0 Å². The zero-order valence-corrected chi connectivity index (χ0v) is 9.02. The molecule has 5 heteroatoms. The Morgan fingerprint density at radius 3 is 2.92 bits per heavy atom. The molecule has 1 heterocycles. The van der Waals surface area contributed by atoms with Gasteiger partial charge in [-0.1, -0.05) is 0 Å². The zero-order chi connectivity index (χ0) is 9.68. The highest BCUT2D eigenvalue weighted by Gasteiger charge is 2.04. The van der Waals surface area contributed by atoms with Gasteiger partial charge < -0.3 is 10.1 Å². The van der Waals surface area contributed by atoms with Gasteiger partial charge in [0.1, 0.15) is 5.82 Å². The van der Waals surface area contributed by atoms with Crippen LogP contribution in [0, 0.1) is 6.92 Å². The number of nitrogens with one attached hydrogen (secondary N) is 1. The van der Waals surface area contributed by atoms with E-state index in [1.807, 2.05) is 13.8 Å². The topological polar surface area (TPSA) is 47.0 Å². The maximum Gasteiger partial charge on any atom is 0.202 e. The van der Waals surface area contributed by atoms with Gasteiger partial charge in [0.25, 0.3) is 0 Å². The van der Waals surface area contributed by atoms with Crippen molar-refractivity contribution in [3.05, 3.63) is 5.82 Å². The predicted molar refractivity (Wildman–Crippen MR) is 54.2 cm³/mol. The minimum atomic E-state index is 0.285. The van der Waals surface area contributed by atoms with E-state index in [0.29, 0.717) is 6.61 Å². The van der Waals surface area contributed by atoms with E-state index >= 15 is 0 Å². The van der Waals surface area contributed by atoms with Gasteiger partial charge >= 0.3 is 0 Å². The summed E-state index contributed by atoms with van der Waals surface area (Å²) in [4.78, 5) is 4.20. The van der Waals surface area contributed by atoms with Crippen LogP contribution in [0.1, 0.15) is 19.7 Å². The quantitative estimate of drug-likeness (QED) is 0.787. The van der Waals surface area contributed by atoms with Crippen molar-refractivity contribution in [1.82, 2.24) is 9.36 Å². The van der Waals surface area contributed by atoms with E-state index in [4.69, 9.17) is 4.74 Å². The summed E-state index contributed by atoms with van der Waals surface area (Å²) in [6.45, 7) is 7.39. The number of nitrogens with zero attached hydrogens (tertiary/aromatic N) is 2. The zero-order valence-electron chi connectivity index (χ0n) is 8.20. The number of hydrogen-bond donors (Lipinski definition) is 1. The van der Waals surface area contributed by atoms with Crippen LogP contribution in [0.4, 0.5) is 5.13 Å². The minimum Gasteiger partial charge on any atom is -0.380 e. The van der Waals surface area contributed by atoms with Crippen LogP contribution in [0.5, 0.6) is 0 Å². The third kappa shape index (κ3) is 3.69. The van der Waals surface area contributed by atoms with Crippen LogP contribution in [0.2, 0.25) is 0 Å². The Morgan fingerprint density at radius 2 is 2.38 bits per heavy atom. The second-order valence-electron chi connectivity index (χ2n) is 2.85. The standard InChI is InChI=1S/C8H15N3OS/c1-4-12-5-6(2)9-8-10-7(3)11-13-8/h6H,4-5H2,1-3H3,(H,9,10,11). The molecule has 0 aromatic carbocycles. The van der Waals surface area contributed by atoms with E-state index < -0.39 is 0 Å². The number of hydrogen-bond acceptors (Lipinski definition) is 5. The minimum absolute atomic E-state index is 0.285. The Bertz CT molecular complexity index is 251. The number of aromatic nitrogens is 2. The summed E-state index contributed by atoms with van der Waals surface area (Å²) >= 11 is 1.38. The highest BCUT2D eigenvalue weighted by molar-refractivity contribution is 7.09. The molecule has 4 nitrogen and oxygen atoms in total. The van der Waals surface area contributed by atoms with Crippen molar-refractivity contribution in [2.45, 2.75) is 26.8 Å². The lowest BCUT2D eigenvalue weighted by Crippen LogP contribution is -2.21. The average molecular weight is 201 g/mol. The second-order valence-corrected chi connectivity index (χ2v) is 3.60. The predicted octanol–water partition coefficient (Wildman–Crippen LogP) is 1.68. The molecule has 1 aromatic rings. The summed E-state index contributed by atoms with van der Waals surface area (Å²) in [5, 5.41) is 4.08. The fourth-order valence-corrected chi connectivity index (χ4v) is 1.59. The van der Waals surface area contributed by atoms with Crippen LogP contribution in [-0.2, 0) is 4.74 Å². The summed E-state index contributed by atoms with van der Waals surface area (Å²) in [7, 11) is 0. The Labute approximate surface area is 82.5 Å². The van der Waals surface area contributed by atoms with Gasteiger partial charge in [-0.05, 0) is 20.8 Å². The summed E-state index contributed by atoms with van der Waals surface area (Å²) in [5.41, 5.74) is 0. The van der Waals surface area contributed by atoms with Crippen LogP contribution in [0.15, 0.2) is 0 Å². The van der Waals surface area contributed by atoms with E-state index in [2.05, 4.69) is 21.6 Å². The lowest BCUT2D eigenvalue weighted by Gasteiger charge is -2.11. The first-order valence-corrected chi connectivity index (χ1v) is 5.14. The third-order valence-corrected chi connectivity index (χ3v) is 2.21. The van der Waals surface area contributed by atoms with Crippen LogP contribution < -0.4 is 5.32 Å². The van der Waals surface area contributed by atoms with E-state index in [-0.39, 0.29) is 6.04 Å². The van der Waals surface area contributed by atoms with Crippen molar-refractivity contribution in [2.24, 2.45) is 0 Å². The van der Waals surface area contributed by atoms with Crippen molar-refractivity contribution in [3.8, 4) is 0 Å². The molecule has 0 aliphatic carbocycles. The first kappa shape index (κ1) is 10.4. The molecule has 0 bridgehead atoms. The SMILES string of the molecule is CCOCC(C)Nc1nc(C)ns1. The molecule has 0 amide bonds. The molecule has 74 valence electrons. The first-order chi connectivity index (χ1) is 6.22. The molecule has 0 spiro atoms. The molecule has 1 atom stereocenters. The highest BCUT2D eigenvalue weighted by Crippen LogP contribution is 2.11. The van der Waals surface area contributed by atoms with Gasteiger partial charge in [-0.3, -0.25) is 0 Å². The highest BCUT2D eigenvalue weighted by atomic mass is 32.1. The number of aryl methyl sites for hydroxylation is 1. The molecule has 0 saturated carbocycles. The maximum atomic E-state index is 5.27. The van der Waals surface area contributed by atoms with Crippen molar-refractivity contribution in [2.75, 3.05) is 18.5 Å². The van der Waals surface area contributed by atoms with Crippen molar-refractivity contribution < 1.29 is 4.74 Å². The lowest BCUT2D eigenvalue weighted by atomic mass is 10.4. The lowest BCUT2D eigenvalue weighted by molar-refractivity contribution is 0.141. The van der Waals surface area contributed by atoms with E-state index in [9.17, 15) is 0 Å². The van der Waals surface area contributed by atoms with Gasteiger partial charge in [-0.15, -0.1) is 0 Å². The molecule has 0 aliphatic heterocycles. The van der Waals surface area contributed by atoms with Crippen LogP contribution in [0.25, 0.3) is 0 Å². The molecule has 1 aromatic heterocycles. The fraction of sp³-hybridized carbons (Fsp3) is 0.750. The number of rotatable bonds is 5. The van der Waals surface area contributed by atoms with Gasteiger partial charge in [0.2, 0.25) is 5.13 Å². The molecule has 0 radical (unpaired) electrons. The third-order valence-electron chi connectivity index (χ3n) is 1.47. The Morgan fingerprint density at radius 1 is 1.62 bits per heavy atom. The monoisotopic (exact) mass is 201 g/mol. The first-order valence-electron chi connectivity index (χ1n) is 4.37. The van der Waals surface area contributed by atoms with E-state index in [1.54, 1.807) is 0 Å². The molecular formula is C8H15N3OS. The molecule has 0 aliphatic rings. The van der Waals surface area contributed by atoms with E-state index in [1.165, 1.54) is 11.5 Å². The molecule has 1 N–H and O–H groups in total. The fourth-order valence-electron chi connectivity index (χ4n) is 0.903. The van der Waals surface area contributed by atoms with Crippen molar-refractivity contribution in [3.63, 3.8) is 0 Å². The normalized spacial score (nSPS) is 12.8. The second kappa shape index (κ2) is 5.14. The Balaban J connectivity index is 2.31. The van der Waals surface area contributed by atoms with Gasteiger partial charge in [0.15, 0.2) is 0 Å². The number of anilines is 1. The Hall–Kier alpha value is -0.680.